The van der Waals surface area contributed by atoms with Crippen molar-refractivity contribution in [2.24, 2.45) is 5.92 Å². The minimum absolute atomic E-state index is 0.0593. The second kappa shape index (κ2) is 5.75. The number of halogens is 1. The van der Waals surface area contributed by atoms with Crippen molar-refractivity contribution < 1.29 is 9.53 Å². The Kier molecular flexibility index (Phi) is 4.28. The van der Waals surface area contributed by atoms with E-state index in [0.29, 0.717) is 5.78 Å². The van der Waals surface area contributed by atoms with Gasteiger partial charge in [0.15, 0.2) is 0 Å². The van der Waals surface area contributed by atoms with Crippen LogP contribution in [-0.2, 0) is 4.79 Å². The molecule has 0 heterocycles. The van der Waals surface area contributed by atoms with Gasteiger partial charge in [0.05, 0.1) is 7.11 Å². The fourth-order valence-corrected chi connectivity index (χ4v) is 2.85. The summed E-state index contributed by atoms with van der Waals surface area (Å²) >= 11 is 6.28. The molecule has 0 aliphatic heterocycles. The van der Waals surface area contributed by atoms with Crippen molar-refractivity contribution in [2.75, 3.05) is 7.11 Å². The summed E-state index contributed by atoms with van der Waals surface area (Å²) in [5.74, 6) is 1.19. The molecule has 0 aromatic heterocycles. The Balaban J connectivity index is 2.24. The first-order chi connectivity index (χ1) is 8.61. The average Bonchev–Trinajstić information content (AvgIpc) is 2.52. The lowest BCUT2D eigenvalue weighted by Gasteiger charge is -2.17. The van der Waals surface area contributed by atoms with E-state index >= 15 is 0 Å². The van der Waals surface area contributed by atoms with Gasteiger partial charge in [-0.15, -0.1) is 11.6 Å². The number of carbonyl (C=O) groups is 1. The van der Waals surface area contributed by atoms with Crippen molar-refractivity contribution >= 4 is 17.4 Å². The number of hydrogen-bond donors (Lipinski definition) is 0. The van der Waals surface area contributed by atoms with E-state index in [1.54, 1.807) is 7.11 Å². The van der Waals surface area contributed by atoms with Gasteiger partial charge >= 0.3 is 0 Å². The normalized spacial score (nSPS) is 28.8. The molecular weight excluding hydrogens is 248 g/mol. The fraction of sp³-hybridized carbons (Fsp3) is 0.533. The zero-order valence-electron chi connectivity index (χ0n) is 10.9. The molecular formula is C15H19ClO2. The van der Waals surface area contributed by atoms with Crippen molar-refractivity contribution in [2.45, 2.75) is 37.5 Å². The van der Waals surface area contributed by atoms with E-state index in [1.807, 2.05) is 31.2 Å². The first-order valence-corrected chi connectivity index (χ1v) is 6.87. The molecule has 1 fully saturated rings. The predicted molar refractivity (Wildman–Crippen MR) is 73.4 cm³/mol. The zero-order chi connectivity index (χ0) is 13.1. The highest BCUT2D eigenvalue weighted by Crippen LogP contribution is 2.34. The highest BCUT2D eigenvalue weighted by Gasteiger charge is 2.31. The molecule has 1 aromatic rings. The maximum absolute atomic E-state index is 12.4. The molecule has 3 heteroatoms. The minimum Gasteiger partial charge on any atom is -0.497 e. The Hall–Kier alpha value is -1.02. The Labute approximate surface area is 113 Å². The van der Waals surface area contributed by atoms with E-state index in [9.17, 15) is 4.79 Å². The number of rotatable bonds is 2. The van der Waals surface area contributed by atoms with Gasteiger partial charge in [-0.1, -0.05) is 19.1 Å². The smallest absolute Gasteiger partial charge is 0.143 e. The van der Waals surface area contributed by atoms with Gasteiger partial charge in [0.25, 0.3) is 0 Å². The molecule has 18 heavy (non-hydrogen) atoms. The van der Waals surface area contributed by atoms with Crippen LogP contribution < -0.4 is 4.74 Å². The second-order valence-electron chi connectivity index (χ2n) is 5.04. The Bertz CT molecular complexity index is 413. The SMILES string of the molecule is COc1ccc([C@@H]2C[C@H](Cl)CC[C@H](C)C2=O)cc1. The summed E-state index contributed by atoms with van der Waals surface area (Å²) in [5.41, 5.74) is 1.06. The Morgan fingerprint density at radius 2 is 1.89 bits per heavy atom. The lowest BCUT2D eigenvalue weighted by atomic mass is 9.87. The largest absolute Gasteiger partial charge is 0.497 e. The van der Waals surface area contributed by atoms with Gasteiger partial charge in [0.1, 0.15) is 11.5 Å². The summed E-state index contributed by atoms with van der Waals surface area (Å²) in [7, 11) is 1.64. The summed E-state index contributed by atoms with van der Waals surface area (Å²) in [6, 6.07) is 7.76. The Morgan fingerprint density at radius 1 is 1.22 bits per heavy atom. The standard InChI is InChI=1S/C15H19ClO2/c1-10-3-6-12(16)9-14(15(10)17)11-4-7-13(18-2)8-5-11/h4-5,7-8,10,12,14H,3,6,9H2,1-2H3/t10-,12+,14-/m0/s1. The number of Topliss-reactive ketones (excluding diaryl/α,β-unsaturated/α-hetero) is 1. The zero-order valence-corrected chi connectivity index (χ0v) is 11.6. The molecule has 0 unspecified atom stereocenters. The molecule has 1 aliphatic carbocycles. The molecule has 0 radical (unpaired) electrons. The lowest BCUT2D eigenvalue weighted by molar-refractivity contribution is -0.123. The third kappa shape index (κ3) is 2.86. The maximum Gasteiger partial charge on any atom is 0.143 e. The van der Waals surface area contributed by atoms with E-state index in [0.717, 1.165) is 30.6 Å². The monoisotopic (exact) mass is 266 g/mol. The summed E-state index contributed by atoms with van der Waals surface area (Å²) in [5, 5.41) is 0.103. The van der Waals surface area contributed by atoms with Crippen LogP contribution >= 0.6 is 11.6 Å². The number of methoxy groups -OCH3 is 1. The number of hydrogen-bond acceptors (Lipinski definition) is 2. The van der Waals surface area contributed by atoms with Crippen LogP contribution in [0.25, 0.3) is 0 Å². The molecule has 2 nitrogen and oxygen atoms in total. The third-order valence-corrected chi connectivity index (χ3v) is 4.15. The fourth-order valence-electron chi connectivity index (χ4n) is 2.54. The van der Waals surface area contributed by atoms with E-state index < -0.39 is 0 Å². The molecule has 3 atom stereocenters. The van der Waals surface area contributed by atoms with Crippen molar-refractivity contribution in [1.29, 1.82) is 0 Å². The molecule has 98 valence electrons. The van der Waals surface area contributed by atoms with Crippen LogP contribution in [0.4, 0.5) is 0 Å². The van der Waals surface area contributed by atoms with Crippen LogP contribution in [-0.4, -0.2) is 18.3 Å². The van der Waals surface area contributed by atoms with E-state index in [4.69, 9.17) is 16.3 Å². The van der Waals surface area contributed by atoms with Crippen LogP contribution in [0.2, 0.25) is 0 Å². The average molecular weight is 267 g/mol. The third-order valence-electron chi connectivity index (χ3n) is 3.75. The minimum atomic E-state index is -0.0593. The van der Waals surface area contributed by atoms with Gasteiger partial charge in [-0.25, -0.2) is 0 Å². The molecule has 0 bridgehead atoms. The molecule has 0 N–H and O–H groups in total. The molecule has 0 amide bonds. The van der Waals surface area contributed by atoms with Gasteiger partial charge in [0.2, 0.25) is 0 Å². The van der Waals surface area contributed by atoms with Crippen LogP contribution in [0.15, 0.2) is 24.3 Å². The van der Waals surface area contributed by atoms with E-state index in [-0.39, 0.29) is 17.2 Å². The molecule has 0 spiro atoms. The van der Waals surface area contributed by atoms with Gasteiger partial charge < -0.3 is 4.74 Å². The summed E-state index contributed by atoms with van der Waals surface area (Å²) < 4.78 is 5.14. The number of ketones is 1. The molecule has 1 saturated carbocycles. The molecule has 0 saturated heterocycles. The van der Waals surface area contributed by atoms with Crippen molar-refractivity contribution in [1.82, 2.24) is 0 Å². The van der Waals surface area contributed by atoms with Crippen LogP contribution in [0.1, 0.15) is 37.7 Å². The lowest BCUT2D eigenvalue weighted by Crippen LogP contribution is -2.18. The van der Waals surface area contributed by atoms with Crippen LogP contribution in [0.5, 0.6) is 5.75 Å². The van der Waals surface area contributed by atoms with Crippen molar-refractivity contribution in [3.63, 3.8) is 0 Å². The number of benzene rings is 1. The number of ether oxygens (including phenoxy) is 1. The predicted octanol–water partition coefficient (Wildman–Crippen LogP) is 3.78. The van der Waals surface area contributed by atoms with Crippen LogP contribution in [0, 0.1) is 5.92 Å². The molecule has 1 aliphatic rings. The molecule has 1 aromatic carbocycles. The van der Waals surface area contributed by atoms with E-state index in [2.05, 4.69) is 0 Å². The highest BCUT2D eigenvalue weighted by atomic mass is 35.5. The van der Waals surface area contributed by atoms with Crippen molar-refractivity contribution in [3.05, 3.63) is 29.8 Å². The topological polar surface area (TPSA) is 26.3 Å². The maximum atomic E-state index is 12.4. The first kappa shape index (κ1) is 13.4. The van der Waals surface area contributed by atoms with Gasteiger partial charge in [-0.3, -0.25) is 4.79 Å². The number of alkyl halides is 1. The summed E-state index contributed by atoms with van der Waals surface area (Å²) in [6.45, 7) is 2.01. The quantitative estimate of drug-likeness (QED) is 0.602. The van der Waals surface area contributed by atoms with Gasteiger partial charge in [-0.2, -0.15) is 0 Å². The highest BCUT2D eigenvalue weighted by molar-refractivity contribution is 6.20. The van der Waals surface area contributed by atoms with Crippen molar-refractivity contribution in [3.8, 4) is 5.75 Å². The summed E-state index contributed by atoms with van der Waals surface area (Å²) in [4.78, 5) is 12.4. The van der Waals surface area contributed by atoms with Gasteiger partial charge in [0, 0.05) is 17.2 Å². The van der Waals surface area contributed by atoms with Crippen LogP contribution in [0.3, 0.4) is 0 Å². The summed E-state index contributed by atoms with van der Waals surface area (Å²) in [6.07, 6.45) is 2.58. The molecule has 2 rings (SSSR count). The van der Waals surface area contributed by atoms with E-state index in [1.165, 1.54) is 0 Å². The first-order valence-electron chi connectivity index (χ1n) is 6.43. The Morgan fingerprint density at radius 3 is 2.50 bits per heavy atom. The number of carbonyl (C=O) groups excluding carboxylic acids is 1. The second-order valence-corrected chi connectivity index (χ2v) is 5.66. The van der Waals surface area contributed by atoms with Gasteiger partial charge in [-0.05, 0) is 37.0 Å².